The minimum absolute atomic E-state index is 0.447. The van der Waals surface area contributed by atoms with E-state index >= 15 is 0 Å². The van der Waals surface area contributed by atoms with Crippen molar-refractivity contribution in [3.8, 4) is 0 Å². The molecule has 0 saturated heterocycles. The molecule has 0 saturated carbocycles. The van der Waals surface area contributed by atoms with E-state index in [1.807, 2.05) is 0 Å². The molecule has 0 spiro atoms. The SMILES string of the molecule is NCC(NC(CCC(=O)O)C(=O)O)C(F)(F)F. The molecule has 0 fully saturated rings. The number of carboxylic acid groups (broad SMARTS) is 2. The van der Waals surface area contributed by atoms with Gasteiger partial charge in [-0.3, -0.25) is 14.9 Å². The third-order valence-electron chi connectivity index (χ3n) is 1.98. The maximum Gasteiger partial charge on any atom is 0.405 e. The second kappa shape index (κ2) is 6.40. The van der Waals surface area contributed by atoms with Crippen molar-refractivity contribution in [2.24, 2.45) is 5.73 Å². The predicted octanol–water partition coefficient (Wildman–Crippen LogP) is -0.216. The highest BCUT2D eigenvalue weighted by molar-refractivity contribution is 5.75. The van der Waals surface area contributed by atoms with Crippen molar-refractivity contribution in [1.29, 1.82) is 0 Å². The van der Waals surface area contributed by atoms with Gasteiger partial charge in [0.1, 0.15) is 12.1 Å². The van der Waals surface area contributed by atoms with Crippen LogP contribution >= 0.6 is 0 Å². The fourth-order valence-electron chi connectivity index (χ4n) is 1.08. The Morgan fingerprint density at radius 3 is 2.12 bits per heavy atom. The molecule has 0 bridgehead atoms. The molecule has 5 N–H and O–H groups in total. The van der Waals surface area contributed by atoms with E-state index in [0.717, 1.165) is 0 Å². The van der Waals surface area contributed by atoms with Gasteiger partial charge in [-0.15, -0.1) is 0 Å². The molecule has 0 aromatic carbocycles. The Bertz CT molecular complexity index is 282. The zero-order valence-electron chi connectivity index (χ0n) is 8.70. The van der Waals surface area contributed by atoms with Crippen LogP contribution in [0.1, 0.15) is 12.8 Å². The summed E-state index contributed by atoms with van der Waals surface area (Å²) < 4.78 is 36.9. The van der Waals surface area contributed by atoms with Crippen molar-refractivity contribution in [3.05, 3.63) is 0 Å². The molecule has 17 heavy (non-hydrogen) atoms. The lowest BCUT2D eigenvalue weighted by Gasteiger charge is -2.23. The first-order valence-corrected chi connectivity index (χ1v) is 4.66. The summed E-state index contributed by atoms with van der Waals surface area (Å²) in [5.74, 6) is -2.83. The Kier molecular flexibility index (Phi) is 5.89. The summed E-state index contributed by atoms with van der Waals surface area (Å²) >= 11 is 0. The van der Waals surface area contributed by atoms with Gasteiger partial charge in [0, 0.05) is 13.0 Å². The number of nitrogens with two attached hydrogens (primary N) is 1. The second-order valence-corrected chi connectivity index (χ2v) is 3.32. The molecule has 9 heteroatoms. The summed E-state index contributed by atoms with van der Waals surface area (Å²) in [4.78, 5) is 20.8. The quantitative estimate of drug-likeness (QED) is 0.502. The zero-order valence-corrected chi connectivity index (χ0v) is 8.70. The molecular weight excluding hydrogens is 245 g/mol. The Hall–Kier alpha value is -1.35. The normalized spacial score (nSPS) is 15.3. The molecule has 0 amide bonds. The summed E-state index contributed by atoms with van der Waals surface area (Å²) in [6.07, 6.45) is -5.66. The van der Waals surface area contributed by atoms with Gasteiger partial charge < -0.3 is 15.9 Å². The van der Waals surface area contributed by atoms with E-state index in [-0.39, 0.29) is 0 Å². The first kappa shape index (κ1) is 15.7. The van der Waals surface area contributed by atoms with Crippen LogP contribution in [0.15, 0.2) is 0 Å². The number of hydrogen-bond donors (Lipinski definition) is 4. The van der Waals surface area contributed by atoms with Crippen molar-refractivity contribution in [3.63, 3.8) is 0 Å². The van der Waals surface area contributed by atoms with Gasteiger partial charge in [-0.1, -0.05) is 0 Å². The van der Waals surface area contributed by atoms with Crippen LogP contribution in [0.25, 0.3) is 0 Å². The van der Waals surface area contributed by atoms with Gasteiger partial charge in [-0.25, -0.2) is 0 Å². The third kappa shape index (κ3) is 6.07. The van der Waals surface area contributed by atoms with Gasteiger partial charge in [0.15, 0.2) is 0 Å². The lowest BCUT2D eigenvalue weighted by molar-refractivity contribution is -0.159. The average molecular weight is 258 g/mol. The minimum atomic E-state index is -4.67. The van der Waals surface area contributed by atoms with Gasteiger partial charge in [-0.05, 0) is 6.42 Å². The first-order chi connectivity index (χ1) is 7.68. The Morgan fingerprint density at radius 1 is 1.29 bits per heavy atom. The standard InChI is InChI=1S/C8H13F3N2O4/c9-8(10,11)5(3-12)13-4(7(16)17)1-2-6(14)15/h4-5,13H,1-3,12H2,(H,14,15)(H,16,17). The van der Waals surface area contributed by atoms with Crippen LogP contribution < -0.4 is 11.1 Å². The van der Waals surface area contributed by atoms with Crippen molar-refractivity contribution in [2.45, 2.75) is 31.1 Å². The molecule has 0 rings (SSSR count). The lowest BCUT2D eigenvalue weighted by Crippen LogP contribution is -2.53. The number of carbonyl (C=O) groups is 2. The molecular formula is C8H13F3N2O4. The minimum Gasteiger partial charge on any atom is -0.481 e. The maximum absolute atomic E-state index is 12.3. The van der Waals surface area contributed by atoms with Crippen molar-refractivity contribution in [2.75, 3.05) is 6.54 Å². The molecule has 0 aromatic rings. The molecule has 0 aliphatic heterocycles. The predicted molar refractivity (Wildman–Crippen MR) is 50.3 cm³/mol. The van der Waals surface area contributed by atoms with Crippen LogP contribution in [-0.4, -0.2) is 47.0 Å². The number of hydrogen-bond acceptors (Lipinski definition) is 4. The van der Waals surface area contributed by atoms with E-state index in [2.05, 4.69) is 0 Å². The third-order valence-corrected chi connectivity index (χ3v) is 1.98. The summed E-state index contributed by atoms with van der Waals surface area (Å²) in [5, 5.41) is 18.7. The van der Waals surface area contributed by atoms with E-state index < -0.39 is 49.6 Å². The number of rotatable bonds is 7. The van der Waals surface area contributed by atoms with Crippen molar-refractivity contribution in [1.82, 2.24) is 5.32 Å². The first-order valence-electron chi connectivity index (χ1n) is 4.66. The molecule has 2 atom stereocenters. The number of nitrogens with one attached hydrogen (secondary N) is 1. The number of alkyl halides is 3. The molecule has 0 aromatic heterocycles. The second-order valence-electron chi connectivity index (χ2n) is 3.32. The Balaban J connectivity index is 4.52. The van der Waals surface area contributed by atoms with E-state index in [0.29, 0.717) is 0 Å². The largest absolute Gasteiger partial charge is 0.481 e. The van der Waals surface area contributed by atoms with Crippen LogP contribution in [-0.2, 0) is 9.59 Å². The van der Waals surface area contributed by atoms with Gasteiger partial charge in [-0.2, -0.15) is 13.2 Å². The van der Waals surface area contributed by atoms with Gasteiger partial charge in [0.2, 0.25) is 0 Å². The van der Waals surface area contributed by atoms with E-state index in [9.17, 15) is 22.8 Å². The van der Waals surface area contributed by atoms with Gasteiger partial charge >= 0.3 is 18.1 Å². The average Bonchev–Trinajstić information content (AvgIpc) is 2.14. The van der Waals surface area contributed by atoms with Crippen LogP contribution in [0, 0.1) is 0 Å². The highest BCUT2D eigenvalue weighted by Crippen LogP contribution is 2.20. The van der Waals surface area contributed by atoms with E-state index in [4.69, 9.17) is 15.9 Å². The topological polar surface area (TPSA) is 113 Å². The number of halogens is 3. The van der Waals surface area contributed by atoms with Crippen LogP contribution in [0.4, 0.5) is 13.2 Å². The molecule has 0 heterocycles. The molecule has 0 aliphatic rings. The molecule has 0 aliphatic carbocycles. The van der Waals surface area contributed by atoms with Gasteiger partial charge in [0.05, 0.1) is 0 Å². The highest BCUT2D eigenvalue weighted by Gasteiger charge is 2.40. The van der Waals surface area contributed by atoms with Crippen molar-refractivity contribution >= 4 is 11.9 Å². The smallest absolute Gasteiger partial charge is 0.405 e. The Morgan fingerprint density at radius 2 is 1.82 bits per heavy atom. The van der Waals surface area contributed by atoms with Gasteiger partial charge in [0.25, 0.3) is 0 Å². The lowest BCUT2D eigenvalue weighted by atomic mass is 10.1. The number of carboxylic acids is 2. The monoisotopic (exact) mass is 258 g/mol. The summed E-state index contributed by atoms with van der Waals surface area (Å²) in [7, 11) is 0. The number of aliphatic carboxylic acids is 2. The van der Waals surface area contributed by atoms with E-state index in [1.54, 1.807) is 5.32 Å². The van der Waals surface area contributed by atoms with Crippen LogP contribution in [0.2, 0.25) is 0 Å². The summed E-state index contributed by atoms with van der Waals surface area (Å²) in [6.45, 7) is -0.819. The van der Waals surface area contributed by atoms with Crippen LogP contribution in [0.3, 0.4) is 0 Å². The molecule has 100 valence electrons. The van der Waals surface area contributed by atoms with E-state index in [1.165, 1.54) is 0 Å². The Labute approximate surface area is 94.6 Å². The fraction of sp³-hybridized carbons (Fsp3) is 0.750. The van der Waals surface area contributed by atoms with Crippen molar-refractivity contribution < 1.29 is 33.0 Å². The maximum atomic E-state index is 12.3. The molecule has 0 radical (unpaired) electrons. The summed E-state index contributed by atoms with van der Waals surface area (Å²) in [5.41, 5.74) is 4.87. The highest BCUT2D eigenvalue weighted by atomic mass is 19.4. The summed E-state index contributed by atoms with van der Waals surface area (Å²) in [6, 6.07) is -3.77. The fourth-order valence-corrected chi connectivity index (χ4v) is 1.08. The zero-order chi connectivity index (χ0) is 13.6. The molecule has 2 unspecified atom stereocenters. The molecule has 6 nitrogen and oxygen atoms in total. The van der Waals surface area contributed by atoms with Crippen LogP contribution in [0.5, 0.6) is 0 Å².